The van der Waals surface area contributed by atoms with Crippen molar-refractivity contribution in [3.05, 3.63) is 94.0 Å². The van der Waals surface area contributed by atoms with E-state index in [1.54, 1.807) is 31.2 Å². The summed E-state index contributed by atoms with van der Waals surface area (Å²) in [7, 11) is -4.09. The minimum Gasteiger partial charge on any atom is -0.352 e. The molecule has 9 heteroatoms. The minimum absolute atomic E-state index is 0.0621. The van der Waals surface area contributed by atoms with Crippen molar-refractivity contribution < 1.29 is 18.0 Å². The zero-order valence-corrected chi connectivity index (χ0v) is 25.4. The van der Waals surface area contributed by atoms with Gasteiger partial charge in [-0.3, -0.25) is 13.9 Å². The zero-order valence-electron chi connectivity index (χ0n) is 23.0. The maximum atomic E-state index is 14.0. The molecule has 2 atom stereocenters. The van der Waals surface area contributed by atoms with Crippen LogP contribution in [0.2, 0.25) is 0 Å². The predicted molar refractivity (Wildman–Crippen MR) is 159 cm³/mol. The number of nitrogens with one attached hydrogen (secondary N) is 1. The Morgan fingerprint density at radius 2 is 1.64 bits per heavy atom. The Bertz CT molecular complexity index is 1410. The number of nitrogens with zero attached hydrogens (tertiary/aromatic N) is 2. The van der Waals surface area contributed by atoms with Gasteiger partial charge in [-0.25, -0.2) is 8.42 Å². The van der Waals surface area contributed by atoms with Gasteiger partial charge in [-0.1, -0.05) is 70.9 Å². The summed E-state index contributed by atoms with van der Waals surface area (Å²) in [5, 5.41) is 2.94. The van der Waals surface area contributed by atoms with Crippen molar-refractivity contribution in [1.29, 1.82) is 0 Å². The number of benzene rings is 3. The van der Waals surface area contributed by atoms with Gasteiger partial charge in [-0.05, 0) is 75.6 Å². The number of aryl methyl sites for hydroxylation is 2. The van der Waals surface area contributed by atoms with Crippen LogP contribution in [0.4, 0.5) is 5.69 Å². The van der Waals surface area contributed by atoms with E-state index in [2.05, 4.69) is 21.2 Å². The third kappa shape index (κ3) is 7.70. The van der Waals surface area contributed by atoms with Crippen LogP contribution in [0.25, 0.3) is 0 Å². The summed E-state index contributed by atoms with van der Waals surface area (Å²) in [5.74, 6) is -0.780. The van der Waals surface area contributed by atoms with Crippen molar-refractivity contribution in [3.63, 3.8) is 0 Å². The first-order valence-electron chi connectivity index (χ1n) is 12.9. The lowest BCUT2D eigenvalue weighted by Gasteiger charge is -2.33. The van der Waals surface area contributed by atoms with Gasteiger partial charge in [0, 0.05) is 17.1 Å². The molecule has 0 spiro atoms. The summed E-state index contributed by atoms with van der Waals surface area (Å²) < 4.78 is 29.8. The molecule has 0 aromatic heterocycles. The average molecular weight is 615 g/mol. The van der Waals surface area contributed by atoms with Gasteiger partial charge in [0.2, 0.25) is 11.8 Å². The SMILES string of the molecule is CC[C@@H](C)NC(=O)[C@H](C)N(Cc1cccc(Br)c1)C(=O)CN(c1ccc(C)cc1C)S(=O)(=O)c1ccccc1. The number of sulfonamides is 1. The Morgan fingerprint density at radius 3 is 2.26 bits per heavy atom. The van der Waals surface area contributed by atoms with Crippen molar-refractivity contribution in [2.75, 3.05) is 10.8 Å². The van der Waals surface area contributed by atoms with Crippen molar-refractivity contribution in [1.82, 2.24) is 10.2 Å². The third-order valence-electron chi connectivity index (χ3n) is 6.64. The van der Waals surface area contributed by atoms with E-state index in [0.29, 0.717) is 5.69 Å². The Morgan fingerprint density at radius 1 is 0.949 bits per heavy atom. The summed E-state index contributed by atoms with van der Waals surface area (Å²) in [6, 6.07) is 20.1. The molecule has 3 aromatic rings. The molecule has 0 aliphatic heterocycles. The molecule has 0 aliphatic rings. The fraction of sp³-hybridized carbons (Fsp3) is 0.333. The molecule has 0 unspecified atom stereocenters. The van der Waals surface area contributed by atoms with E-state index in [-0.39, 0.29) is 23.4 Å². The highest BCUT2D eigenvalue weighted by atomic mass is 79.9. The van der Waals surface area contributed by atoms with Crippen molar-refractivity contribution in [3.8, 4) is 0 Å². The molecule has 0 saturated carbocycles. The lowest BCUT2D eigenvalue weighted by atomic mass is 10.1. The maximum absolute atomic E-state index is 14.0. The molecule has 0 radical (unpaired) electrons. The number of rotatable bonds is 11. The Kier molecular flexibility index (Phi) is 10.3. The molecule has 0 heterocycles. The standard InChI is InChI=1S/C30H36BrN3O4S/c1-6-23(4)32-30(36)24(5)33(19-25-11-10-12-26(31)18-25)29(35)20-34(28-16-15-21(2)17-22(28)3)39(37,38)27-13-8-7-9-14-27/h7-18,23-24H,6,19-20H2,1-5H3,(H,32,36)/t23-,24+/m1/s1. The van der Waals surface area contributed by atoms with Crippen LogP contribution in [0, 0.1) is 13.8 Å². The van der Waals surface area contributed by atoms with Crippen LogP contribution in [-0.4, -0.2) is 43.8 Å². The van der Waals surface area contributed by atoms with Crippen LogP contribution >= 0.6 is 15.9 Å². The Labute approximate surface area is 240 Å². The topological polar surface area (TPSA) is 86.8 Å². The van der Waals surface area contributed by atoms with Gasteiger partial charge in [0.25, 0.3) is 10.0 Å². The summed E-state index contributed by atoms with van der Waals surface area (Å²) in [6.07, 6.45) is 0.744. The first-order chi connectivity index (χ1) is 18.4. The Hall–Kier alpha value is -3.17. The van der Waals surface area contributed by atoms with E-state index in [4.69, 9.17) is 0 Å². The number of hydrogen-bond donors (Lipinski definition) is 1. The average Bonchev–Trinajstić information content (AvgIpc) is 2.90. The predicted octanol–water partition coefficient (Wildman–Crippen LogP) is 5.59. The highest BCUT2D eigenvalue weighted by molar-refractivity contribution is 9.10. The van der Waals surface area contributed by atoms with Crippen LogP contribution in [0.3, 0.4) is 0 Å². The molecule has 3 aromatic carbocycles. The van der Waals surface area contributed by atoms with Crippen molar-refractivity contribution in [2.45, 2.75) is 64.6 Å². The fourth-order valence-corrected chi connectivity index (χ4v) is 6.14. The molecule has 39 heavy (non-hydrogen) atoms. The van der Waals surface area contributed by atoms with E-state index in [1.807, 2.05) is 64.1 Å². The molecule has 1 N–H and O–H groups in total. The summed E-state index contributed by atoms with van der Waals surface area (Å²) in [5.41, 5.74) is 2.93. The van der Waals surface area contributed by atoms with E-state index in [1.165, 1.54) is 17.0 Å². The second kappa shape index (κ2) is 13.3. The number of halogens is 1. The summed E-state index contributed by atoms with van der Waals surface area (Å²) >= 11 is 3.46. The molecule has 7 nitrogen and oxygen atoms in total. The molecule has 2 amide bonds. The number of hydrogen-bond acceptors (Lipinski definition) is 4. The minimum atomic E-state index is -4.09. The molecule has 0 aliphatic carbocycles. The highest BCUT2D eigenvalue weighted by Gasteiger charge is 2.33. The molecule has 0 bridgehead atoms. The van der Waals surface area contributed by atoms with Gasteiger partial charge in [0.15, 0.2) is 0 Å². The lowest BCUT2D eigenvalue weighted by Crippen LogP contribution is -2.52. The fourth-order valence-electron chi connectivity index (χ4n) is 4.20. The van der Waals surface area contributed by atoms with Gasteiger partial charge in [-0.15, -0.1) is 0 Å². The number of carbonyl (C=O) groups excluding carboxylic acids is 2. The number of carbonyl (C=O) groups is 2. The molecule has 0 fully saturated rings. The van der Waals surface area contributed by atoms with E-state index in [9.17, 15) is 18.0 Å². The number of anilines is 1. The van der Waals surface area contributed by atoms with Crippen molar-refractivity contribution >= 4 is 43.5 Å². The highest BCUT2D eigenvalue weighted by Crippen LogP contribution is 2.28. The van der Waals surface area contributed by atoms with Crippen LogP contribution < -0.4 is 9.62 Å². The van der Waals surface area contributed by atoms with Crippen LogP contribution in [0.15, 0.2) is 82.2 Å². The smallest absolute Gasteiger partial charge is 0.264 e. The second-order valence-corrected chi connectivity index (χ2v) is 12.5. The van der Waals surface area contributed by atoms with Gasteiger partial charge in [-0.2, -0.15) is 0 Å². The van der Waals surface area contributed by atoms with Crippen LogP contribution in [0.5, 0.6) is 0 Å². The van der Waals surface area contributed by atoms with Crippen molar-refractivity contribution in [2.24, 2.45) is 0 Å². The summed E-state index contributed by atoms with van der Waals surface area (Å²) in [4.78, 5) is 28.7. The van der Waals surface area contributed by atoms with Crippen LogP contribution in [-0.2, 0) is 26.2 Å². The summed E-state index contributed by atoms with van der Waals surface area (Å²) in [6.45, 7) is 8.96. The van der Waals surface area contributed by atoms with E-state index >= 15 is 0 Å². The van der Waals surface area contributed by atoms with Gasteiger partial charge in [0.05, 0.1) is 10.6 Å². The number of amides is 2. The molecular formula is C30H36BrN3O4S. The molecule has 0 saturated heterocycles. The van der Waals surface area contributed by atoms with Gasteiger partial charge >= 0.3 is 0 Å². The monoisotopic (exact) mass is 613 g/mol. The zero-order chi connectivity index (χ0) is 28.7. The van der Waals surface area contributed by atoms with Crippen LogP contribution in [0.1, 0.15) is 43.9 Å². The largest absolute Gasteiger partial charge is 0.352 e. The third-order valence-corrected chi connectivity index (χ3v) is 8.91. The normalized spacial score (nSPS) is 12.9. The first kappa shape index (κ1) is 30.4. The second-order valence-electron chi connectivity index (χ2n) is 9.76. The van der Waals surface area contributed by atoms with Gasteiger partial charge < -0.3 is 10.2 Å². The Balaban J connectivity index is 2.05. The van der Waals surface area contributed by atoms with Gasteiger partial charge in [0.1, 0.15) is 12.6 Å². The molecule has 208 valence electrons. The first-order valence-corrected chi connectivity index (χ1v) is 15.2. The molecular weight excluding hydrogens is 578 g/mol. The van der Waals surface area contributed by atoms with E-state index < -0.39 is 28.5 Å². The van der Waals surface area contributed by atoms with E-state index in [0.717, 1.165) is 31.9 Å². The molecule has 3 rings (SSSR count). The lowest BCUT2D eigenvalue weighted by molar-refractivity contribution is -0.139. The maximum Gasteiger partial charge on any atom is 0.264 e. The quantitative estimate of drug-likeness (QED) is 0.305.